The normalized spacial score (nSPS) is 10.9. The molecule has 1 nitrogen and oxygen atoms in total. The largest absolute Gasteiger partial charge is 0.255 e. The van der Waals surface area contributed by atoms with Gasteiger partial charge in [0.1, 0.15) is 0 Å². The zero-order valence-corrected chi connectivity index (χ0v) is 10.4. The lowest BCUT2D eigenvalue weighted by atomic mass is 10.1. The second-order valence-electron chi connectivity index (χ2n) is 3.04. The second kappa shape index (κ2) is 3.69. The number of aryl methyl sites for hydroxylation is 1. The molecule has 0 N–H and O–H groups in total. The molecule has 0 bridgehead atoms. The first kappa shape index (κ1) is 10.2. The lowest BCUT2D eigenvalue weighted by molar-refractivity contribution is 1.38. The topological polar surface area (TPSA) is 12.9 Å². The van der Waals surface area contributed by atoms with Gasteiger partial charge in [0.15, 0.2) is 0 Å². The van der Waals surface area contributed by atoms with Crippen LogP contribution in [-0.2, 0) is 0 Å². The Kier molecular flexibility index (Phi) is 2.69. The van der Waals surface area contributed by atoms with Crippen molar-refractivity contribution in [2.75, 3.05) is 0 Å². The molecule has 0 aliphatic heterocycles. The standard InChI is InChI=1S/C10H6BrCl2N/c1-5-2-6-9(3-7(5)11)14-4-8(12)10(6)13/h2-4H,1H3. The van der Waals surface area contributed by atoms with Gasteiger partial charge in [-0.2, -0.15) is 0 Å². The number of hydrogen-bond donors (Lipinski definition) is 0. The summed E-state index contributed by atoms with van der Waals surface area (Å²) in [6, 6.07) is 3.91. The average Bonchev–Trinajstić information content (AvgIpc) is 2.15. The Balaban J connectivity index is 2.89. The first-order valence-electron chi connectivity index (χ1n) is 3.99. The number of hydrogen-bond acceptors (Lipinski definition) is 1. The van der Waals surface area contributed by atoms with Crippen molar-refractivity contribution in [3.63, 3.8) is 0 Å². The maximum Gasteiger partial charge on any atom is 0.0782 e. The van der Waals surface area contributed by atoms with Gasteiger partial charge in [0.25, 0.3) is 0 Å². The van der Waals surface area contributed by atoms with E-state index in [2.05, 4.69) is 20.9 Å². The van der Waals surface area contributed by atoms with Crippen LogP contribution in [0.1, 0.15) is 5.56 Å². The molecular weight excluding hydrogens is 285 g/mol. The van der Waals surface area contributed by atoms with Crippen LogP contribution in [0.25, 0.3) is 10.9 Å². The molecule has 0 saturated carbocycles. The van der Waals surface area contributed by atoms with Gasteiger partial charge in [-0.3, -0.25) is 4.98 Å². The number of aromatic nitrogens is 1. The maximum atomic E-state index is 6.06. The van der Waals surface area contributed by atoms with Gasteiger partial charge in [0, 0.05) is 16.1 Å². The molecule has 0 radical (unpaired) electrons. The summed E-state index contributed by atoms with van der Waals surface area (Å²) in [6.45, 7) is 2.00. The van der Waals surface area contributed by atoms with Crippen LogP contribution in [0.5, 0.6) is 0 Å². The van der Waals surface area contributed by atoms with Crippen LogP contribution < -0.4 is 0 Å². The fourth-order valence-corrected chi connectivity index (χ4v) is 1.95. The summed E-state index contributed by atoms with van der Waals surface area (Å²) >= 11 is 15.4. The molecule has 1 aromatic carbocycles. The Labute approximate surface area is 100 Å². The van der Waals surface area contributed by atoms with Crippen LogP contribution in [-0.4, -0.2) is 4.98 Å². The third-order valence-electron chi connectivity index (χ3n) is 2.04. The van der Waals surface area contributed by atoms with Crippen molar-refractivity contribution in [2.24, 2.45) is 0 Å². The van der Waals surface area contributed by atoms with Crippen molar-refractivity contribution in [3.05, 3.63) is 38.4 Å². The van der Waals surface area contributed by atoms with E-state index in [0.29, 0.717) is 10.0 Å². The highest BCUT2D eigenvalue weighted by atomic mass is 79.9. The van der Waals surface area contributed by atoms with Crippen molar-refractivity contribution < 1.29 is 0 Å². The number of rotatable bonds is 0. The van der Waals surface area contributed by atoms with E-state index < -0.39 is 0 Å². The number of benzene rings is 1. The highest BCUT2D eigenvalue weighted by molar-refractivity contribution is 9.10. The number of fused-ring (bicyclic) bond motifs is 1. The zero-order valence-electron chi connectivity index (χ0n) is 7.31. The summed E-state index contributed by atoms with van der Waals surface area (Å²) in [5.74, 6) is 0. The Morgan fingerprint density at radius 2 is 2.00 bits per heavy atom. The Bertz CT molecular complexity index is 511. The van der Waals surface area contributed by atoms with E-state index in [1.165, 1.54) is 0 Å². The van der Waals surface area contributed by atoms with Gasteiger partial charge in [-0.05, 0) is 24.6 Å². The smallest absolute Gasteiger partial charge is 0.0782 e. The average molecular weight is 291 g/mol. The predicted octanol–water partition coefficient (Wildman–Crippen LogP) is 4.61. The van der Waals surface area contributed by atoms with E-state index >= 15 is 0 Å². The molecule has 72 valence electrons. The summed E-state index contributed by atoms with van der Waals surface area (Å²) in [4.78, 5) is 4.20. The molecule has 14 heavy (non-hydrogen) atoms. The SMILES string of the molecule is Cc1cc2c(Cl)c(Cl)cnc2cc1Br. The molecule has 1 aromatic heterocycles. The first-order valence-corrected chi connectivity index (χ1v) is 5.54. The van der Waals surface area contributed by atoms with Crippen LogP contribution >= 0.6 is 39.1 Å². The molecular formula is C10H6BrCl2N. The molecule has 4 heteroatoms. The van der Waals surface area contributed by atoms with E-state index in [-0.39, 0.29) is 0 Å². The second-order valence-corrected chi connectivity index (χ2v) is 4.68. The fourth-order valence-electron chi connectivity index (χ4n) is 1.27. The van der Waals surface area contributed by atoms with Gasteiger partial charge >= 0.3 is 0 Å². The van der Waals surface area contributed by atoms with E-state index in [1.54, 1.807) is 6.20 Å². The maximum absolute atomic E-state index is 6.06. The van der Waals surface area contributed by atoms with E-state index in [0.717, 1.165) is 20.9 Å². The highest BCUT2D eigenvalue weighted by Crippen LogP contribution is 2.32. The quantitative estimate of drug-likeness (QED) is 0.690. The predicted molar refractivity (Wildman–Crippen MR) is 64.2 cm³/mol. The van der Waals surface area contributed by atoms with Gasteiger partial charge in [-0.15, -0.1) is 0 Å². The minimum Gasteiger partial charge on any atom is -0.255 e. The number of nitrogens with zero attached hydrogens (tertiary/aromatic N) is 1. The summed E-state index contributed by atoms with van der Waals surface area (Å²) < 4.78 is 1.02. The van der Waals surface area contributed by atoms with Crippen LogP contribution in [0.15, 0.2) is 22.8 Å². The lowest BCUT2D eigenvalue weighted by Crippen LogP contribution is -1.84. The number of pyridine rings is 1. The molecule has 0 spiro atoms. The monoisotopic (exact) mass is 289 g/mol. The van der Waals surface area contributed by atoms with Gasteiger partial charge in [-0.25, -0.2) is 0 Å². The molecule has 0 aliphatic rings. The summed E-state index contributed by atoms with van der Waals surface area (Å²) in [5.41, 5.74) is 1.96. The molecule has 0 atom stereocenters. The van der Waals surface area contributed by atoms with Crippen molar-refractivity contribution in [1.29, 1.82) is 0 Å². The van der Waals surface area contributed by atoms with Crippen molar-refractivity contribution in [2.45, 2.75) is 6.92 Å². The van der Waals surface area contributed by atoms with Gasteiger partial charge in [-0.1, -0.05) is 39.1 Å². The molecule has 0 saturated heterocycles. The fraction of sp³-hybridized carbons (Fsp3) is 0.100. The third-order valence-corrected chi connectivity index (χ3v) is 3.68. The Hall–Kier alpha value is -0.310. The van der Waals surface area contributed by atoms with Gasteiger partial charge < -0.3 is 0 Å². The molecule has 2 aromatic rings. The number of halogens is 3. The van der Waals surface area contributed by atoms with Crippen LogP contribution in [0.2, 0.25) is 10.0 Å². The molecule has 0 amide bonds. The lowest BCUT2D eigenvalue weighted by Gasteiger charge is -2.04. The van der Waals surface area contributed by atoms with Gasteiger partial charge in [0.2, 0.25) is 0 Å². The minimum atomic E-state index is 0.487. The molecule has 0 aliphatic carbocycles. The van der Waals surface area contributed by atoms with Gasteiger partial charge in [0.05, 0.1) is 15.6 Å². The van der Waals surface area contributed by atoms with Crippen molar-refractivity contribution in [1.82, 2.24) is 4.98 Å². The Morgan fingerprint density at radius 1 is 1.29 bits per heavy atom. The summed E-state index contributed by atoms with van der Waals surface area (Å²) in [5, 5.41) is 1.94. The molecule has 2 rings (SSSR count). The van der Waals surface area contributed by atoms with Crippen LogP contribution in [0, 0.1) is 6.92 Å². The molecule has 0 fully saturated rings. The molecule has 1 heterocycles. The van der Waals surface area contributed by atoms with Crippen molar-refractivity contribution in [3.8, 4) is 0 Å². The zero-order chi connectivity index (χ0) is 10.3. The minimum absolute atomic E-state index is 0.487. The van der Waals surface area contributed by atoms with E-state index in [9.17, 15) is 0 Å². The Morgan fingerprint density at radius 3 is 2.71 bits per heavy atom. The van der Waals surface area contributed by atoms with E-state index in [4.69, 9.17) is 23.2 Å². The molecule has 0 unspecified atom stereocenters. The highest BCUT2D eigenvalue weighted by Gasteiger charge is 2.06. The van der Waals surface area contributed by atoms with Crippen molar-refractivity contribution >= 4 is 50.0 Å². The first-order chi connectivity index (χ1) is 6.59. The summed E-state index contributed by atoms with van der Waals surface area (Å²) in [6.07, 6.45) is 1.56. The van der Waals surface area contributed by atoms with E-state index in [1.807, 2.05) is 19.1 Å². The van der Waals surface area contributed by atoms with Crippen LogP contribution in [0.3, 0.4) is 0 Å². The van der Waals surface area contributed by atoms with Crippen LogP contribution in [0.4, 0.5) is 0 Å². The summed E-state index contributed by atoms with van der Waals surface area (Å²) in [7, 11) is 0. The third kappa shape index (κ3) is 1.62.